The Hall–Kier alpha value is -2.30. The molecule has 3 rings (SSSR count). The molecule has 2 aromatic rings. The normalized spacial score (nSPS) is 14.3. The smallest absolute Gasteiger partial charge is 0.323 e. The van der Waals surface area contributed by atoms with Crippen LogP contribution in [-0.2, 0) is 4.79 Å². The van der Waals surface area contributed by atoms with E-state index in [1.165, 1.54) is 4.90 Å². The van der Waals surface area contributed by atoms with Gasteiger partial charge in [-0.2, -0.15) is 0 Å². The Bertz CT molecular complexity index is 771. The molecule has 1 aromatic heterocycles. The molecule has 1 N–H and O–H groups in total. The number of aryl methyl sites for hydroxylation is 3. The number of furan rings is 1. The Morgan fingerprint density at radius 3 is 2.41 bits per heavy atom. The van der Waals surface area contributed by atoms with Crippen molar-refractivity contribution in [1.82, 2.24) is 4.90 Å². The van der Waals surface area contributed by atoms with Crippen LogP contribution in [0.15, 0.2) is 16.5 Å². The van der Waals surface area contributed by atoms with Crippen LogP contribution in [0.5, 0.6) is 0 Å². The molecule has 0 saturated heterocycles. The predicted octanol–water partition coefficient (Wildman–Crippen LogP) is 3.05. The lowest BCUT2D eigenvalue weighted by atomic mass is 10.0. The van der Waals surface area contributed by atoms with Crippen molar-refractivity contribution in [2.24, 2.45) is 0 Å². The number of hydrogen-bond acceptors (Lipinski definition) is 3. The fourth-order valence-corrected chi connectivity index (χ4v) is 2.91. The topological polar surface area (TPSA) is 70.8 Å². The van der Waals surface area contributed by atoms with Crippen LogP contribution in [0.4, 0.5) is 0 Å². The maximum Gasteiger partial charge on any atom is 0.323 e. The number of rotatable bonds is 4. The van der Waals surface area contributed by atoms with Crippen LogP contribution in [-0.4, -0.2) is 34.5 Å². The lowest BCUT2D eigenvalue weighted by Crippen LogP contribution is -2.37. The molecule has 1 aromatic carbocycles. The minimum Gasteiger partial charge on any atom is -0.480 e. The zero-order valence-corrected chi connectivity index (χ0v) is 13.0. The standard InChI is InChI=1S/C17H19NO4/c1-9-4-5-10(2)15-14(9)11(3)16(22-15)17(21)18(8-13(19)20)12-6-7-12/h4-5,12H,6-8H2,1-3H3,(H,19,20). The number of carboxylic acids is 1. The second-order valence-corrected chi connectivity index (χ2v) is 6.02. The summed E-state index contributed by atoms with van der Waals surface area (Å²) < 4.78 is 5.83. The molecule has 0 unspecified atom stereocenters. The van der Waals surface area contributed by atoms with Crippen molar-refractivity contribution >= 4 is 22.8 Å². The van der Waals surface area contributed by atoms with Gasteiger partial charge in [0.25, 0.3) is 5.91 Å². The van der Waals surface area contributed by atoms with Crippen molar-refractivity contribution < 1.29 is 19.1 Å². The molecule has 0 radical (unpaired) electrons. The van der Waals surface area contributed by atoms with E-state index >= 15 is 0 Å². The second-order valence-electron chi connectivity index (χ2n) is 6.02. The summed E-state index contributed by atoms with van der Waals surface area (Å²) in [5, 5.41) is 9.98. The van der Waals surface area contributed by atoms with Gasteiger partial charge in [0.1, 0.15) is 12.1 Å². The lowest BCUT2D eigenvalue weighted by molar-refractivity contribution is -0.137. The lowest BCUT2D eigenvalue weighted by Gasteiger charge is -2.19. The number of aliphatic carboxylic acids is 1. The van der Waals surface area contributed by atoms with Gasteiger partial charge in [-0.1, -0.05) is 12.1 Å². The number of carboxylic acid groups (broad SMARTS) is 1. The molecule has 1 amide bonds. The molecule has 22 heavy (non-hydrogen) atoms. The van der Waals surface area contributed by atoms with Crippen LogP contribution in [0.2, 0.25) is 0 Å². The molecule has 0 bridgehead atoms. The molecule has 1 aliphatic carbocycles. The molecule has 1 heterocycles. The van der Waals surface area contributed by atoms with E-state index < -0.39 is 5.97 Å². The summed E-state index contributed by atoms with van der Waals surface area (Å²) in [6.07, 6.45) is 1.71. The number of carbonyl (C=O) groups excluding carboxylic acids is 1. The Balaban J connectivity index is 2.07. The quantitative estimate of drug-likeness (QED) is 0.942. The van der Waals surface area contributed by atoms with E-state index in [2.05, 4.69) is 0 Å². The first kappa shape index (κ1) is 14.6. The van der Waals surface area contributed by atoms with Gasteiger partial charge in [0, 0.05) is 17.0 Å². The van der Waals surface area contributed by atoms with Gasteiger partial charge in [0.15, 0.2) is 5.76 Å². The summed E-state index contributed by atoms with van der Waals surface area (Å²) in [6.45, 7) is 5.50. The largest absolute Gasteiger partial charge is 0.480 e. The number of fused-ring (bicyclic) bond motifs is 1. The summed E-state index contributed by atoms with van der Waals surface area (Å²) in [5.41, 5.74) is 3.53. The highest BCUT2D eigenvalue weighted by molar-refractivity contribution is 6.01. The van der Waals surface area contributed by atoms with E-state index in [1.807, 2.05) is 32.9 Å². The highest BCUT2D eigenvalue weighted by Gasteiger charge is 2.36. The fourth-order valence-electron chi connectivity index (χ4n) is 2.91. The summed E-state index contributed by atoms with van der Waals surface area (Å²) >= 11 is 0. The number of amides is 1. The predicted molar refractivity (Wildman–Crippen MR) is 82.1 cm³/mol. The van der Waals surface area contributed by atoms with Gasteiger partial charge < -0.3 is 14.4 Å². The first-order chi connectivity index (χ1) is 10.4. The van der Waals surface area contributed by atoms with Crippen molar-refractivity contribution in [3.05, 3.63) is 34.6 Å². The minimum atomic E-state index is -0.999. The van der Waals surface area contributed by atoms with Crippen molar-refractivity contribution in [3.8, 4) is 0 Å². The molecular formula is C17H19NO4. The average Bonchev–Trinajstić information content (AvgIpc) is 3.23. The van der Waals surface area contributed by atoms with Gasteiger partial charge in [-0.15, -0.1) is 0 Å². The van der Waals surface area contributed by atoms with E-state index in [4.69, 9.17) is 9.52 Å². The maximum absolute atomic E-state index is 12.7. The Morgan fingerprint density at radius 2 is 1.86 bits per heavy atom. The Morgan fingerprint density at radius 1 is 1.23 bits per heavy atom. The van der Waals surface area contributed by atoms with Gasteiger partial charge in [0.2, 0.25) is 0 Å². The third kappa shape index (κ3) is 2.36. The maximum atomic E-state index is 12.7. The number of benzene rings is 1. The molecule has 5 heteroatoms. The molecule has 0 atom stereocenters. The first-order valence-corrected chi connectivity index (χ1v) is 7.42. The number of nitrogens with zero attached hydrogens (tertiary/aromatic N) is 1. The molecule has 0 aliphatic heterocycles. The van der Waals surface area contributed by atoms with Crippen LogP contribution in [0.1, 0.15) is 40.1 Å². The average molecular weight is 301 g/mol. The summed E-state index contributed by atoms with van der Waals surface area (Å²) in [7, 11) is 0. The molecule has 116 valence electrons. The van der Waals surface area contributed by atoms with Crippen LogP contribution in [0.25, 0.3) is 11.0 Å². The Labute approximate surface area is 128 Å². The van der Waals surface area contributed by atoms with E-state index in [1.54, 1.807) is 0 Å². The van der Waals surface area contributed by atoms with E-state index in [0.29, 0.717) is 5.58 Å². The monoisotopic (exact) mass is 301 g/mol. The Kier molecular flexibility index (Phi) is 3.43. The van der Waals surface area contributed by atoms with Gasteiger partial charge in [-0.05, 0) is 44.7 Å². The third-order valence-electron chi connectivity index (χ3n) is 4.23. The van der Waals surface area contributed by atoms with E-state index in [9.17, 15) is 9.59 Å². The third-order valence-corrected chi connectivity index (χ3v) is 4.23. The summed E-state index contributed by atoms with van der Waals surface area (Å²) in [6, 6.07) is 3.99. The molecule has 1 saturated carbocycles. The molecule has 0 spiro atoms. The van der Waals surface area contributed by atoms with Gasteiger partial charge in [-0.3, -0.25) is 9.59 Å². The van der Waals surface area contributed by atoms with Crippen molar-refractivity contribution in [2.45, 2.75) is 39.7 Å². The van der Waals surface area contributed by atoms with Gasteiger partial charge in [0.05, 0.1) is 0 Å². The van der Waals surface area contributed by atoms with Crippen LogP contribution < -0.4 is 0 Å². The minimum absolute atomic E-state index is 0.0263. The molecule has 1 fully saturated rings. The van der Waals surface area contributed by atoms with Crippen LogP contribution >= 0.6 is 0 Å². The molecule has 1 aliphatic rings. The second kappa shape index (κ2) is 5.16. The first-order valence-electron chi connectivity index (χ1n) is 7.42. The van der Waals surface area contributed by atoms with Crippen molar-refractivity contribution in [1.29, 1.82) is 0 Å². The van der Waals surface area contributed by atoms with Gasteiger partial charge >= 0.3 is 5.97 Å². The fraction of sp³-hybridized carbons (Fsp3) is 0.412. The van der Waals surface area contributed by atoms with E-state index in [0.717, 1.165) is 34.9 Å². The highest BCUT2D eigenvalue weighted by atomic mass is 16.4. The number of carbonyl (C=O) groups is 2. The molecule has 5 nitrogen and oxygen atoms in total. The van der Waals surface area contributed by atoms with Gasteiger partial charge in [-0.25, -0.2) is 0 Å². The van der Waals surface area contributed by atoms with E-state index in [-0.39, 0.29) is 24.3 Å². The summed E-state index contributed by atoms with van der Waals surface area (Å²) in [4.78, 5) is 25.2. The van der Waals surface area contributed by atoms with Crippen LogP contribution in [0.3, 0.4) is 0 Å². The molecular weight excluding hydrogens is 282 g/mol. The highest BCUT2D eigenvalue weighted by Crippen LogP contribution is 2.34. The zero-order valence-electron chi connectivity index (χ0n) is 13.0. The van der Waals surface area contributed by atoms with Crippen molar-refractivity contribution in [2.75, 3.05) is 6.54 Å². The summed E-state index contributed by atoms with van der Waals surface area (Å²) in [5.74, 6) is -1.06. The number of hydrogen-bond donors (Lipinski definition) is 1. The SMILES string of the molecule is Cc1ccc(C)c2c(C)c(C(=O)N(CC(=O)O)C3CC3)oc12. The zero-order chi connectivity index (χ0) is 16.0. The van der Waals surface area contributed by atoms with Crippen LogP contribution in [0, 0.1) is 20.8 Å². The van der Waals surface area contributed by atoms with Crippen molar-refractivity contribution in [3.63, 3.8) is 0 Å².